The van der Waals surface area contributed by atoms with Gasteiger partial charge in [-0.05, 0) is 50.8 Å². The van der Waals surface area contributed by atoms with Crippen LogP contribution in [0.4, 0.5) is 0 Å². The number of benzene rings is 1. The number of aryl methyl sites for hydroxylation is 2. The molecule has 0 spiro atoms. The number of nitrogens with one attached hydrogen (secondary N) is 2. The van der Waals surface area contributed by atoms with Gasteiger partial charge < -0.3 is 10.7 Å². The quantitative estimate of drug-likeness (QED) is 0.501. The first-order chi connectivity index (χ1) is 11.3. The number of carbonyl (C=O) groups excluding carboxylic acids is 1. The Hall–Kier alpha value is -2.16. The topological polar surface area (TPSA) is 53.0 Å². The van der Waals surface area contributed by atoms with E-state index >= 15 is 0 Å². The maximum absolute atomic E-state index is 12.5. The van der Waals surface area contributed by atoms with Gasteiger partial charge in [0, 0.05) is 22.5 Å². The van der Waals surface area contributed by atoms with E-state index in [4.69, 9.17) is 5.41 Å². The van der Waals surface area contributed by atoms with Gasteiger partial charge >= 0.3 is 0 Å². The number of hydrogen-bond acceptors (Lipinski definition) is 2. The lowest BCUT2D eigenvalue weighted by molar-refractivity contribution is -0.116. The molecule has 0 aromatic heterocycles. The van der Waals surface area contributed by atoms with Gasteiger partial charge in [0.25, 0.3) is 5.91 Å². The van der Waals surface area contributed by atoms with E-state index in [1.807, 2.05) is 20.8 Å². The van der Waals surface area contributed by atoms with E-state index in [-0.39, 0.29) is 5.91 Å². The van der Waals surface area contributed by atoms with Crippen molar-refractivity contribution in [2.24, 2.45) is 0 Å². The molecule has 1 aromatic rings. The van der Waals surface area contributed by atoms with Crippen molar-refractivity contribution in [1.29, 1.82) is 5.41 Å². The molecular weight excluding hydrogens is 296 g/mol. The van der Waals surface area contributed by atoms with Gasteiger partial charge in [-0.2, -0.15) is 0 Å². The third kappa shape index (κ3) is 5.19. The van der Waals surface area contributed by atoms with Crippen molar-refractivity contribution in [3.05, 3.63) is 52.6 Å². The van der Waals surface area contributed by atoms with Crippen molar-refractivity contribution in [2.45, 2.75) is 60.3 Å². The van der Waals surface area contributed by atoms with Crippen molar-refractivity contribution in [3.8, 4) is 0 Å². The summed E-state index contributed by atoms with van der Waals surface area (Å²) in [6.45, 7) is 13.9. The molecule has 0 saturated heterocycles. The van der Waals surface area contributed by atoms with Crippen molar-refractivity contribution in [1.82, 2.24) is 5.32 Å². The van der Waals surface area contributed by atoms with E-state index in [0.29, 0.717) is 23.4 Å². The molecule has 0 bridgehead atoms. The first-order valence-electron chi connectivity index (χ1n) is 8.67. The van der Waals surface area contributed by atoms with Crippen molar-refractivity contribution < 1.29 is 4.79 Å². The van der Waals surface area contributed by atoms with Crippen molar-refractivity contribution >= 4 is 17.3 Å². The molecule has 0 fully saturated rings. The molecule has 0 unspecified atom stereocenters. The van der Waals surface area contributed by atoms with Crippen LogP contribution in [-0.2, 0) is 11.2 Å². The summed E-state index contributed by atoms with van der Waals surface area (Å²) >= 11 is 0. The largest absolute Gasteiger partial charge is 0.322 e. The normalized spacial score (nSPS) is 11.7. The van der Waals surface area contributed by atoms with E-state index in [9.17, 15) is 4.79 Å². The Bertz CT molecular complexity index is 668. The van der Waals surface area contributed by atoms with Gasteiger partial charge in [0.05, 0.1) is 0 Å². The summed E-state index contributed by atoms with van der Waals surface area (Å²) in [7, 11) is 0. The monoisotopic (exact) mass is 326 g/mol. The van der Waals surface area contributed by atoms with Gasteiger partial charge in [-0.3, -0.25) is 4.79 Å². The van der Waals surface area contributed by atoms with Crippen LogP contribution in [0.15, 0.2) is 35.9 Å². The Morgan fingerprint density at radius 2 is 1.83 bits per heavy atom. The maximum Gasteiger partial charge on any atom is 0.251 e. The van der Waals surface area contributed by atoms with Crippen LogP contribution in [0.3, 0.4) is 0 Å². The molecule has 0 radical (unpaired) electrons. The number of rotatable bonds is 8. The molecule has 0 saturated carbocycles. The Morgan fingerprint density at radius 3 is 2.42 bits per heavy atom. The average Bonchev–Trinajstić information content (AvgIpc) is 2.55. The molecule has 0 aliphatic rings. The zero-order valence-electron chi connectivity index (χ0n) is 15.7. The zero-order valence-corrected chi connectivity index (χ0v) is 15.7. The minimum absolute atomic E-state index is 0.178. The summed E-state index contributed by atoms with van der Waals surface area (Å²) in [5.41, 5.74) is 5.83. The Labute approximate surface area is 146 Å². The molecule has 1 rings (SSSR count). The molecular formula is C21H30N2O. The van der Waals surface area contributed by atoms with Gasteiger partial charge in [-0.1, -0.05) is 51.0 Å². The molecule has 24 heavy (non-hydrogen) atoms. The van der Waals surface area contributed by atoms with E-state index in [1.165, 1.54) is 5.56 Å². The fourth-order valence-electron chi connectivity index (χ4n) is 2.59. The van der Waals surface area contributed by atoms with Gasteiger partial charge in [0.2, 0.25) is 0 Å². The Balaban J connectivity index is 2.99. The lowest BCUT2D eigenvalue weighted by Gasteiger charge is -2.15. The highest BCUT2D eigenvalue weighted by Gasteiger charge is 2.14. The zero-order chi connectivity index (χ0) is 18.3. The number of allylic oxidation sites excluding steroid dienone is 1. The van der Waals surface area contributed by atoms with Crippen LogP contribution in [0, 0.1) is 12.3 Å². The van der Waals surface area contributed by atoms with Gasteiger partial charge in [0.15, 0.2) is 0 Å². The third-order valence-electron chi connectivity index (χ3n) is 4.23. The first-order valence-corrected chi connectivity index (χ1v) is 8.67. The van der Waals surface area contributed by atoms with E-state index in [2.05, 4.69) is 37.0 Å². The smallest absolute Gasteiger partial charge is 0.251 e. The van der Waals surface area contributed by atoms with E-state index < -0.39 is 0 Å². The van der Waals surface area contributed by atoms with E-state index in [0.717, 1.165) is 36.0 Å². The second-order valence-corrected chi connectivity index (χ2v) is 6.32. The predicted octanol–water partition coefficient (Wildman–Crippen LogP) is 5.19. The van der Waals surface area contributed by atoms with Gasteiger partial charge in [-0.25, -0.2) is 0 Å². The summed E-state index contributed by atoms with van der Waals surface area (Å²) in [6, 6.07) is 6.26. The summed E-state index contributed by atoms with van der Waals surface area (Å²) in [5.74, 6) is -0.178. The molecule has 0 aliphatic carbocycles. The highest BCUT2D eigenvalue weighted by Crippen LogP contribution is 2.20. The van der Waals surface area contributed by atoms with E-state index in [1.54, 1.807) is 6.92 Å². The van der Waals surface area contributed by atoms with Crippen LogP contribution in [0.2, 0.25) is 0 Å². The fourth-order valence-corrected chi connectivity index (χ4v) is 2.59. The highest BCUT2D eigenvalue weighted by atomic mass is 16.1. The lowest BCUT2D eigenvalue weighted by Crippen LogP contribution is -2.24. The first kappa shape index (κ1) is 19.9. The van der Waals surface area contributed by atoms with Crippen LogP contribution < -0.4 is 5.32 Å². The molecule has 0 aliphatic heterocycles. The summed E-state index contributed by atoms with van der Waals surface area (Å²) in [4.78, 5) is 12.5. The van der Waals surface area contributed by atoms with Crippen LogP contribution in [0.5, 0.6) is 0 Å². The fraction of sp³-hybridized carbons (Fsp3) is 0.429. The summed E-state index contributed by atoms with van der Waals surface area (Å²) in [6.07, 6.45) is 3.60. The molecule has 130 valence electrons. The lowest BCUT2D eigenvalue weighted by atomic mass is 9.98. The molecule has 1 aromatic carbocycles. The number of amides is 1. The second-order valence-electron chi connectivity index (χ2n) is 6.32. The van der Waals surface area contributed by atoms with Crippen LogP contribution in [-0.4, -0.2) is 11.6 Å². The number of hydrogen-bond donors (Lipinski definition) is 2. The van der Waals surface area contributed by atoms with Crippen molar-refractivity contribution in [3.63, 3.8) is 0 Å². The molecule has 1 amide bonds. The minimum Gasteiger partial charge on any atom is -0.322 e. The standard InChI is InChI=1S/C21H30N2O/c1-7-9-18-12-11-14(3)13-19(18)17(6)23-21(24)16(5)15(4)20(22)10-8-2/h11-13,22H,6-10H2,1-5H3,(H,23,24)/b16-15+,22-20?. The van der Waals surface area contributed by atoms with Gasteiger partial charge in [0.1, 0.15) is 0 Å². The SMILES string of the molecule is C=C(NC(=O)/C(C)=C(\C)C(=N)CCC)c1cc(C)ccc1CCC. The third-order valence-corrected chi connectivity index (χ3v) is 4.23. The summed E-state index contributed by atoms with van der Waals surface area (Å²) < 4.78 is 0. The molecule has 0 heterocycles. The van der Waals surface area contributed by atoms with Crippen LogP contribution >= 0.6 is 0 Å². The minimum atomic E-state index is -0.178. The molecule has 0 atom stereocenters. The molecule has 3 nitrogen and oxygen atoms in total. The molecule has 3 heteroatoms. The van der Waals surface area contributed by atoms with Crippen LogP contribution in [0.25, 0.3) is 5.70 Å². The maximum atomic E-state index is 12.5. The second kappa shape index (κ2) is 9.21. The van der Waals surface area contributed by atoms with Crippen molar-refractivity contribution in [2.75, 3.05) is 0 Å². The highest BCUT2D eigenvalue weighted by molar-refractivity contribution is 6.07. The number of carbonyl (C=O) groups is 1. The molecule has 2 N–H and O–H groups in total. The Morgan fingerprint density at radius 1 is 1.17 bits per heavy atom. The van der Waals surface area contributed by atoms with Gasteiger partial charge in [-0.15, -0.1) is 0 Å². The summed E-state index contributed by atoms with van der Waals surface area (Å²) in [5, 5.41) is 10.9. The van der Waals surface area contributed by atoms with Crippen LogP contribution in [0.1, 0.15) is 63.6 Å². The average molecular weight is 326 g/mol. The Kier molecular flexibility index (Phi) is 7.63. The predicted molar refractivity (Wildman–Crippen MR) is 103 cm³/mol.